The Morgan fingerprint density at radius 2 is 2.11 bits per heavy atom. The van der Waals surface area contributed by atoms with Crippen molar-refractivity contribution < 1.29 is 9.90 Å². The fraction of sp³-hybridized carbons (Fsp3) is 0. The number of nitrogen functional groups attached to an aromatic ring is 1. The number of carboxylic acids is 1. The lowest BCUT2D eigenvalue weighted by Crippen LogP contribution is -2.06. The Balaban J connectivity index is 2.40. The summed E-state index contributed by atoms with van der Waals surface area (Å²) < 4.78 is 0.984. The van der Waals surface area contributed by atoms with Crippen LogP contribution in [0.1, 0.15) is 10.5 Å². The molecule has 0 aliphatic rings. The van der Waals surface area contributed by atoms with E-state index < -0.39 is 5.97 Å². The van der Waals surface area contributed by atoms with Crippen molar-refractivity contribution in [2.45, 2.75) is 0 Å². The third kappa shape index (κ3) is 3.27. The van der Waals surface area contributed by atoms with Crippen LogP contribution in [0.2, 0.25) is 5.02 Å². The number of pyridine rings is 1. The standard InChI is InChI=1S/C12H9ClIN3O2/c13-7-2-1-6(14)5-10(7)17-11-8(15)3-4-9(16-11)12(18)19/h1-5H,15H2,(H,16,17)(H,18,19). The van der Waals surface area contributed by atoms with E-state index in [2.05, 4.69) is 32.9 Å². The molecular formula is C12H9ClIN3O2. The topological polar surface area (TPSA) is 88.2 Å². The molecule has 0 saturated heterocycles. The summed E-state index contributed by atoms with van der Waals surface area (Å²) in [5.41, 5.74) is 6.65. The first-order valence-electron chi connectivity index (χ1n) is 5.19. The maximum Gasteiger partial charge on any atom is 0.354 e. The SMILES string of the molecule is Nc1ccc(C(=O)O)nc1Nc1cc(I)ccc1Cl. The number of nitrogens with one attached hydrogen (secondary N) is 1. The van der Waals surface area contributed by atoms with Gasteiger partial charge in [-0.2, -0.15) is 0 Å². The summed E-state index contributed by atoms with van der Waals surface area (Å²) in [7, 11) is 0. The number of anilines is 3. The van der Waals surface area contributed by atoms with Crippen LogP contribution >= 0.6 is 34.2 Å². The Morgan fingerprint density at radius 3 is 2.79 bits per heavy atom. The molecule has 0 aliphatic carbocycles. The van der Waals surface area contributed by atoms with Crippen molar-refractivity contribution in [3.8, 4) is 0 Å². The van der Waals surface area contributed by atoms with E-state index in [-0.39, 0.29) is 11.5 Å². The van der Waals surface area contributed by atoms with E-state index in [4.69, 9.17) is 22.4 Å². The summed E-state index contributed by atoms with van der Waals surface area (Å²) in [6.45, 7) is 0. The highest BCUT2D eigenvalue weighted by atomic mass is 127. The second kappa shape index (κ2) is 5.62. The van der Waals surface area contributed by atoms with E-state index in [1.54, 1.807) is 6.07 Å². The first kappa shape index (κ1) is 13.9. The second-order valence-corrected chi connectivity index (χ2v) is 5.34. The van der Waals surface area contributed by atoms with Gasteiger partial charge in [-0.05, 0) is 52.9 Å². The van der Waals surface area contributed by atoms with Crippen LogP contribution in [0.15, 0.2) is 30.3 Å². The number of nitrogens with zero attached hydrogens (tertiary/aromatic N) is 1. The van der Waals surface area contributed by atoms with E-state index in [1.165, 1.54) is 12.1 Å². The molecule has 4 N–H and O–H groups in total. The van der Waals surface area contributed by atoms with Crippen LogP contribution in [0.25, 0.3) is 0 Å². The first-order chi connectivity index (χ1) is 8.97. The van der Waals surface area contributed by atoms with Crippen molar-refractivity contribution in [2.75, 3.05) is 11.1 Å². The molecular weight excluding hydrogens is 381 g/mol. The molecule has 19 heavy (non-hydrogen) atoms. The zero-order valence-electron chi connectivity index (χ0n) is 9.52. The Kier molecular flexibility index (Phi) is 4.11. The van der Waals surface area contributed by atoms with Crippen LogP contribution in [0.3, 0.4) is 0 Å². The third-order valence-corrected chi connectivity index (χ3v) is 3.33. The number of benzene rings is 1. The second-order valence-electron chi connectivity index (χ2n) is 3.69. The van der Waals surface area contributed by atoms with Crippen molar-refractivity contribution in [3.05, 3.63) is 44.6 Å². The van der Waals surface area contributed by atoms with Gasteiger partial charge in [-0.15, -0.1) is 0 Å². The zero-order chi connectivity index (χ0) is 14.0. The summed E-state index contributed by atoms with van der Waals surface area (Å²) >= 11 is 8.20. The summed E-state index contributed by atoms with van der Waals surface area (Å²) in [5.74, 6) is -0.847. The fourth-order valence-electron chi connectivity index (χ4n) is 1.41. The van der Waals surface area contributed by atoms with Gasteiger partial charge in [0.05, 0.1) is 16.4 Å². The van der Waals surface area contributed by atoms with Gasteiger partial charge in [-0.1, -0.05) is 11.6 Å². The van der Waals surface area contributed by atoms with E-state index in [1.807, 2.05) is 12.1 Å². The Hall–Kier alpha value is -1.54. The van der Waals surface area contributed by atoms with Gasteiger partial charge in [-0.25, -0.2) is 9.78 Å². The third-order valence-electron chi connectivity index (χ3n) is 2.33. The monoisotopic (exact) mass is 389 g/mol. The first-order valence-corrected chi connectivity index (χ1v) is 6.65. The van der Waals surface area contributed by atoms with Gasteiger partial charge in [0.1, 0.15) is 0 Å². The van der Waals surface area contributed by atoms with Crippen molar-refractivity contribution in [2.24, 2.45) is 0 Å². The summed E-state index contributed by atoms with van der Waals surface area (Å²) in [6, 6.07) is 8.25. The highest BCUT2D eigenvalue weighted by Crippen LogP contribution is 2.28. The predicted molar refractivity (Wildman–Crippen MR) is 83.1 cm³/mol. The molecule has 1 aromatic carbocycles. The smallest absolute Gasteiger partial charge is 0.354 e. The van der Waals surface area contributed by atoms with Crippen molar-refractivity contribution >= 4 is 57.4 Å². The molecule has 0 spiro atoms. The molecule has 5 nitrogen and oxygen atoms in total. The van der Waals surface area contributed by atoms with Crippen LogP contribution in [0.4, 0.5) is 17.2 Å². The minimum atomic E-state index is -1.11. The molecule has 0 radical (unpaired) electrons. The predicted octanol–water partition coefficient (Wildman–Crippen LogP) is 3.36. The molecule has 0 fully saturated rings. The van der Waals surface area contributed by atoms with E-state index in [0.717, 1.165) is 3.57 Å². The average Bonchev–Trinajstić information content (AvgIpc) is 2.36. The molecule has 98 valence electrons. The van der Waals surface area contributed by atoms with Crippen molar-refractivity contribution in [3.63, 3.8) is 0 Å². The van der Waals surface area contributed by atoms with E-state index in [0.29, 0.717) is 16.4 Å². The van der Waals surface area contributed by atoms with E-state index in [9.17, 15) is 4.79 Å². The lowest BCUT2D eigenvalue weighted by atomic mass is 10.3. The molecule has 0 unspecified atom stereocenters. The van der Waals surface area contributed by atoms with Crippen molar-refractivity contribution in [1.82, 2.24) is 4.98 Å². The minimum absolute atomic E-state index is 0.0848. The van der Waals surface area contributed by atoms with Gasteiger partial charge < -0.3 is 16.2 Å². The Labute approximate surface area is 127 Å². The molecule has 0 aliphatic heterocycles. The minimum Gasteiger partial charge on any atom is -0.477 e. The highest BCUT2D eigenvalue weighted by Gasteiger charge is 2.10. The van der Waals surface area contributed by atoms with Crippen LogP contribution in [0, 0.1) is 3.57 Å². The van der Waals surface area contributed by atoms with Gasteiger partial charge >= 0.3 is 5.97 Å². The number of aromatic nitrogens is 1. The summed E-state index contributed by atoms with van der Waals surface area (Å²) in [4.78, 5) is 14.8. The average molecular weight is 390 g/mol. The fourth-order valence-corrected chi connectivity index (χ4v) is 2.07. The van der Waals surface area contributed by atoms with Crippen LogP contribution < -0.4 is 11.1 Å². The normalized spacial score (nSPS) is 10.2. The van der Waals surface area contributed by atoms with Crippen LogP contribution in [0.5, 0.6) is 0 Å². The van der Waals surface area contributed by atoms with Gasteiger partial charge in [0.15, 0.2) is 11.5 Å². The van der Waals surface area contributed by atoms with Gasteiger partial charge in [0.2, 0.25) is 0 Å². The lowest BCUT2D eigenvalue weighted by Gasteiger charge is -2.10. The maximum absolute atomic E-state index is 10.9. The van der Waals surface area contributed by atoms with Gasteiger partial charge in [-0.3, -0.25) is 0 Å². The number of aromatic carboxylic acids is 1. The van der Waals surface area contributed by atoms with Crippen LogP contribution in [-0.4, -0.2) is 16.1 Å². The maximum atomic E-state index is 10.9. The molecule has 0 saturated carbocycles. The number of nitrogens with two attached hydrogens (primary N) is 1. The lowest BCUT2D eigenvalue weighted by molar-refractivity contribution is 0.0690. The van der Waals surface area contributed by atoms with Crippen LogP contribution in [-0.2, 0) is 0 Å². The molecule has 0 bridgehead atoms. The molecule has 0 atom stereocenters. The molecule has 1 aromatic heterocycles. The largest absolute Gasteiger partial charge is 0.477 e. The Bertz CT molecular complexity index is 649. The molecule has 2 rings (SSSR count). The van der Waals surface area contributed by atoms with Gasteiger partial charge in [0.25, 0.3) is 0 Å². The number of halogens is 2. The zero-order valence-corrected chi connectivity index (χ0v) is 12.4. The molecule has 0 amide bonds. The number of hydrogen-bond donors (Lipinski definition) is 3. The molecule has 7 heteroatoms. The van der Waals surface area contributed by atoms with Crippen molar-refractivity contribution in [1.29, 1.82) is 0 Å². The molecule has 2 aromatic rings. The van der Waals surface area contributed by atoms with E-state index >= 15 is 0 Å². The summed E-state index contributed by atoms with van der Waals surface area (Å²) in [6.07, 6.45) is 0. The number of carboxylic acid groups (broad SMARTS) is 1. The number of hydrogen-bond acceptors (Lipinski definition) is 4. The Morgan fingerprint density at radius 1 is 1.37 bits per heavy atom. The number of carbonyl (C=O) groups is 1. The number of rotatable bonds is 3. The van der Waals surface area contributed by atoms with Gasteiger partial charge in [0, 0.05) is 3.57 Å². The molecule has 1 heterocycles. The highest BCUT2D eigenvalue weighted by molar-refractivity contribution is 14.1. The quantitative estimate of drug-likeness (QED) is 0.701. The summed E-state index contributed by atoms with van der Waals surface area (Å²) in [5, 5.41) is 12.3.